The third-order valence-electron chi connectivity index (χ3n) is 7.32. The number of aromatic nitrogens is 5. The molecule has 2 atom stereocenters. The number of benzene rings is 2. The van der Waals surface area contributed by atoms with Crippen LogP contribution < -0.4 is 0 Å². The number of fused-ring (bicyclic) bond motifs is 1. The van der Waals surface area contributed by atoms with E-state index in [-0.39, 0.29) is 37.5 Å². The zero-order valence-corrected chi connectivity index (χ0v) is 24.0. The molecule has 0 spiro atoms. The number of nitrogens with zero attached hydrogens (tertiary/aromatic N) is 6. The van der Waals surface area contributed by atoms with Gasteiger partial charge >= 0.3 is 0 Å². The van der Waals surface area contributed by atoms with E-state index in [1.807, 2.05) is 42.5 Å². The van der Waals surface area contributed by atoms with E-state index in [1.165, 1.54) is 23.2 Å². The average molecular weight is 603 g/mol. The Bertz CT molecular complexity index is 1820. The lowest BCUT2D eigenvalue weighted by molar-refractivity contribution is -0.137. The second-order valence-electron chi connectivity index (χ2n) is 10.1. The number of rotatable bonds is 8. The van der Waals surface area contributed by atoms with Crippen molar-refractivity contribution in [3.05, 3.63) is 82.7 Å². The first-order valence-electron chi connectivity index (χ1n) is 13.2. The molecule has 0 bridgehead atoms. The molecule has 4 heterocycles. The highest BCUT2D eigenvalue weighted by Gasteiger charge is 2.40. The monoisotopic (exact) mass is 602 g/mol. The number of ketones is 2. The lowest BCUT2D eigenvalue weighted by Gasteiger charge is -2.23. The van der Waals surface area contributed by atoms with Crippen molar-refractivity contribution in [2.24, 2.45) is 0 Å². The standard InChI is InChI=1S/C30H24ClFN6O3S/c1-17(39)23-15-37(25-7-6-18(10-22(23)25)19-8-9-33-34-13-19)16-29(41)38-14-20(32)11-26(38)27(40)12-28-35-36-30(42-28)21-4-2-3-5-24(21)31/h2-10,13,15,20,26H,11-12,14,16H2,1H3/t20-,26+/m1/s1. The fourth-order valence-electron chi connectivity index (χ4n) is 5.29. The molecule has 0 radical (unpaired) electrons. The van der Waals surface area contributed by atoms with Crippen molar-refractivity contribution in [2.45, 2.75) is 38.5 Å². The highest BCUT2D eigenvalue weighted by molar-refractivity contribution is 7.14. The zero-order chi connectivity index (χ0) is 29.4. The van der Waals surface area contributed by atoms with Gasteiger partial charge in [0, 0.05) is 40.2 Å². The molecule has 0 N–H and O–H groups in total. The molecule has 3 aromatic heterocycles. The van der Waals surface area contributed by atoms with Crippen molar-refractivity contribution in [3.63, 3.8) is 0 Å². The van der Waals surface area contributed by atoms with Crippen LogP contribution in [0.15, 0.2) is 67.1 Å². The minimum Gasteiger partial charge on any atom is -0.337 e. The number of halogens is 2. The van der Waals surface area contributed by atoms with E-state index in [0.29, 0.717) is 37.1 Å². The second-order valence-corrected chi connectivity index (χ2v) is 11.6. The Morgan fingerprint density at radius 1 is 1.07 bits per heavy atom. The molecule has 0 unspecified atom stereocenters. The maximum Gasteiger partial charge on any atom is 0.243 e. The number of likely N-dealkylation sites (tertiary alicyclic amines) is 1. The van der Waals surface area contributed by atoms with Crippen LogP contribution in [0.1, 0.15) is 28.7 Å². The Balaban J connectivity index is 1.22. The molecule has 1 fully saturated rings. The van der Waals surface area contributed by atoms with E-state index in [9.17, 15) is 18.8 Å². The summed E-state index contributed by atoms with van der Waals surface area (Å²) < 4.78 is 16.3. The van der Waals surface area contributed by atoms with Crippen LogP contribution in [0.3, 0.4) is 0 Å². The zero-order valence-electron chi connectivity index (χ0n) is 22.4. The summed E-state index contributed by atoms with van der Waals surface area (Å²) in [5.74, 6) is -0.859. The third kappa shape index (κ3) is 5.45. The Morgan fingerprint density at radius 2 is 1.90 bits per heavy atom. The first-order valence-corrected chi connectivity index (χ1v) is 14.4. The van der Waals surface area contributed by atoms with E-state index >= 15 is 0 Å². The molecular formula is C30H24ClFN6O3S. The lowest BCUT2D eigenvalue weighted by atomic mass is 10.0. The molecular weight excluding hydrogens is 579 g/mol. The molecule has 5 aromatic rings. The SMILES string of the molecule is CC(=O)c1cn(CC(=O)N2C[C@H](F)C[C@H]2C(=O)Cc2nnc(-c3ccccc3Cl)s2)c2ccc(-c3ccnnc3)cc12. The van der Waals surface area contributed by atoms with Gasteiger partial charge in [-0.2, -0.15) is 10.2 Å². The van der Waals surface area contributed by atoms with Gasteiger partial charge in [0.25, 0.3) is 0 Å². The van der Waals surface area contributed by atoms with Crippen LogP contribution >= 0.6 is 22.9 Å². The molecule has 1 amide bonds. The van der Waals surface area contributed by atoms with Crippen LogP contribution in [0.5, 0.6) is 0 Å². The largest absolute Gasteiger partial charge is 0.337 e. The van der Waals surface area contributed by atoms with Gasteiger partial charge in [0.2, 0.25) is 5.91 Å². The summed E-state index contributed by atoms with van der Waals surface area (Å²) in [5, 5.41) is 18.3. The normalized spacial score (nSPS) is 16.7. The van der Waals surface area contributed by atoms with E-state index in [0.717, 1.165) is 11.1 Å². The van der Waals surface area contributed by atoms with E-state index in [1.54, 1.807) is 29.2 Å². The van der Waals surface area contributed by atoms with E-state index in [4.69, 9.17) is 11.6 Å². The molecule has 1 aliphatic heterocycles. The molecule has 9 nitrogen and oxygen atoms in total. The molecule has 6 rings (SSSR count). The van der Waals surface area contributed by atoms with Crippen LogP contribution in [0.2, 0.25) is 5.02 Å². The van der Waals surface area contributed by atoms with Crippen LogP contribution in [0, 0.1) is 0 Å². The molecule has 12 heteroatoms. The molecule has 42 heavy (non-hydrogen) atoms. The number of hydrogen-bond donors (Lipinski definition) is 0. The van der Waals surface area contributed by atoms with E-state index in [2.05, 4.69) is 20.4 Å². The number of amides is 1. The van der Waals surface area contributed by atoms with Crippen molar-refractivity contribution < 1.29 is 18.8 Å². The summed E-state index contributed by atoms with van der Waals surface area (Å²) in [7, 11) is 0. The summed E-state index contributed by atoms with van der Waals surface area (Å²) in [6, 6.07) is 13.7. The average Bonchev–Trinajstić information content (AvgIpc) is 3.71. The minimum absolute atomic E-state index is 0.0726. The Hall–Kier alpha value is -4.35. The first-order chi connectivity index (χ1) is 20.3. The van der Waals surface area contributed by atoms with Gasteiger partial charge in [-0.15, -0.1) is 10.2 Å². The van der Waals surface area contributed by atoms with Crippen LogP contribution in [-0.2, 0) is 22.6 Å². The highest BCUT2D eigenvalue weighted by atomic mass is 35.5. The van der Waals surface area contributed by atoms with Gasteiger partial charge in [-0.05, 0) is 36.8 Å². The predicted molar refractivity (Wildman–Crippen MR) is 157 cm³/mol. The third-order valence-corrected chi connectivity index (χ3v) is 8.61. The number of carbonyl (C=O) groups excluding carboxylic acids is 3. The van der Waals surface area contributed by atoms with Gasteiger partial charge < -0.3 is 9.47 Å². The molecule has 212 valence electrons. The highest BCUT2D eigenvalue weighted by Crippen LogP contribution is 2.32. The van der Waals surface area contributed by atoms with Crippen LogP contribution in [-0.4, -0.2) is 66.1 Å². The van der Waals surface area contributed by atoms with Crippen molar-refractivity contribution in [1.29, 1.82) is 0 Å². The molecule has 0 saturated carbocycles. The molecule has 1 aliphatic rings. The van der Waals surface area contributed by atoms with Crippen molar-refractivity contribution in [1.82, 2.24) is 29.9 Å². The molecule has 1 saturated heterocycles. The summed E-state index contributed by atoms with van der Waals surface area (Å²) in [6.07, 6.45) is 3.39. The van der Waals surface area contributed by atoms with Gasteiger partial charge in [0.1, 0.15) is 22.7 Å². The van der Waals surface area contributed by atoms with Gasteiger partial charge in [0.05, 0.1) is 36.4 Å². The Morgan fingerprint density at radius 3 is 2.67 bits per heavy atom. The Kier molecular flexibility index (Phi) is 7.61. The van der Waals surface area contributed by atoms with E-state index < -0.39 is 18.1 Å². The topological polar surface area (TPSA) is 111 Å². The summed E-state index contributed by atoms with van der Waals surface area (Å²) in [4.78, 5) is 40.6. The summed E-state index contributed by atoms with van der Waals surface area (Å²) in [6.45, 7) is 1.15. The van der Waals surface area contributed by atoms with Gasteiger partial charge in [-0.25, -0.2) is 4.39 Å². The van der Waals surface area contributed by atoms with Crippen molar-refractivity contribution in [3.8, 4) is 21.7 Å². The van der Waals surface area contributed by atoms with Crippen LogP contribution in [0.4, 0.5) is 4.39 Å². The van der Waals surface area contributed by atoms with Gasteiger partial charge in [0.15, 0.2) is 11.6 Å². The van der Waals surface area contributed by atoms with Crippen LogP contribution in [0.25, 0.3) is 32.6 Å². The number of alkyl halides is 1. The number of carbonyl (C=O) groups is 3. The summed E-state index contributed by atoms with van der Waals surface area (Å²) >= 11 is 7.50. The van der Waals surface area contributed by atoms with Gasteiger partial charge in [-0.1, -0.05) is 47.2 Å². The lowest BCUT2D eigenvalue weighted by Crippen LogP contribution is -2.42. The first kappa shape index (κ1) is 27.8. The predicted octanol–water partition coefficient (Wildman–Crippen LogP) is 5.22. The molecule has 2 aromatic carbocycles. The fourth-order valence-corrected chi connectivity index (χ4v) is 6.46. The van der Waals surface area contributed by atoms with Crippen molar-refractivity contribution in [2.75, 3.05) is 6.54 Å². The number of Topliss-reactive ketones (excluding diaryl/α,β-unsaturated/α-hetero) is 2. The number of hydrogen-bond acceptors (Lipinski definition) is 8. The second kappa shape index (κ2) is 11.5. The quantitative estimate of drug-likeness (QED) is 0.224. The minimum atomic E-state index is -1.32. The molecule has 0 aliphatic carbocycles. The fraction of sp³-hybridized carbons (Fsp3) is 0.233. The van der Waals surface area contributed by atoms with Crippen molar-refractivity contribution >= 4 is 51.3 Å². The summed E-state index contributed by atoms with van der Waals surface area (Å²) in [5.41, 5.74) is 3.55. The maximum atomic E-state index is 14.6. The smallest absolute Gasteiger partial charge is 0.243 e. The maximum absolute atomic E-state index is 14.6. The Labute approximate surface area is 249 Å². The van der Waals surface area contributed by atoms with Gasteiger partial charge in [-0.3, -0.25) is 14.4 Å².